The van der Waals surface area contributed by atoms with Gasteiger partial charge in [0.05, 0.1) is 6.54 Å². The zero-order chi connectivity index (χ0) is 23.4. The van der Waals surface area contributed by atoms with Crippen LogP contribution in [0.25, 0.3) is 11.0 Å². The van der Waals surface area contributed by atoms with E-state index in [2.05, 4.69) is 15.6 Å². The Labute approximate surface area is 191 Å². The van der Waals surface area contributed by atoms with Crippen molar-refractivity contribution in [2.45, 2.75) is 45.1 Å². The zero-order valence-electron chi connectivity index (χ0n) is 18.6. The third kappa shape index (κ3) is 5.25. The highest BCUT2D eigenvalue weighted by Crippen LogP contribution is 2.26. The average molecular weight is 455 g/mol. The summed E-state index contributed by atoms with van der Waals surface area (Å²) in [6.07, 6.45) is 5.83. The van der Waals surface area contributed by atoms with Crippen LogP contribution in [-0.2, 0) is 9.59 Å². The van der Waals surface area contributed by atoms with Gasteiger partial charge in [0.2, 0.25) is 17.8 Å². The second-order valence-corrected chi connectivity index (χ2v) is 8.43. The first kappa shape index (κ1) is 22.6. The molecule has 33 heavy (non-hydrogen) atoms. The number of carbonyl (C=O) groups is 2. The van der Waals surface area contributed by atoms with Crippen LogP contribution in [0.2, 0.25) is 0 Å². The van der Waals surface area contributed by atoms with Gasteiger partial charge in [0, 0.05) is 36.8 Å². The maximum Gasteiger partial charge on any atom is 0.247 e. The lowest BCUT2D eigenvalue weighted by Gasteiger charge is -2.25. The van der Waals surface area contributed by atoms with Gasteiger partial charge in [-0.1, -0.05) is 0 Å². The number of fused-ring (bicyclic) bond motifs is 1. The number of nitriles is 1. The number of carbonyl (C=O) groups excluding carboxylic acids is 2. The van der Waals surface area contributed by atoms with Crippen molar-refractivity contribution in [2.75, 3.05) is 31.5 Å². The van der Waals surface area contributed by atoms with Crippen molar-refractivity contribution in [3.8, 4) is 6.19 Å². The maximum absolute atomic E-state index is 14.4. The molecule has 2 saturated heterocycles. The predicted octanol–water partition coefficient (Wildman–Crippen LogP) is 2.72. The number of benzene rings is 1. The van der Waals surface area contributed by atoms with E-state index in [0.717, 1.165) is 38.8 Å². The van der Waals surface area contributed by atoms with Gasteiger partial charge in [0.25, 0.3) is 0 Å². The Morgan fingerprint density at radius 3 is 2.76 bits per heavy atom. The molecule has 1 aromatic heterocycles. The van der Waals surface area contributed by atoms with E-state index >= 15 is 0 Å². The number of aryl methyl sites for hydroxylation is 1. The van der Waals surface area contributed by atoms with Crippen molar-refractivity contribution >= 4 is 34.4 Å². The number of nitrogens with one attached hydrogen (secondary N) is 2. The Kier molecular flexibility index (Phi) is 6.77. The molecule has 1 unspecified atom stereocenters. The van der Waals surface area contributed by atoms with Crippen LogP contribution in [0.4, 0.5) is 10.1 Å². The average Bonchev–Trinajstić information content (AvgIpc) is 3.41. The van der Waals surface area contributed by atoms with Gasteiger partial charge in [-0.05, 0) is 51.2 Å². The number of halogens is 1. The first-order chi connectivity index (χ1) is 15.9. The van der Waals surface area contributed by atoms with E-state index in [0.29, 0.717) is 29.8 Å². The largest absolute Gasteiger partial charge is 0.458 e. The van der Waals surface area contributed by atoms with Gasteiger partial charge in [0.1, 0.15) is 11.8 Å². The quantitative estimate of drug-likeness (QED) is 0.318. The third-order valence-electron chi connectivity index (χ3n) is 5.95. The highest BCUT2D eigenvalue weighted by Gasteiger charge is 2.30. The summed E-state index contributed by atoms with van der Waals surface area (Å²) in [6, 6.07) is 3.89. The monoisotopic (exact) mass is 454 g/mol. The molecule has 2 aromatic rings. The van der Waals surface area contributed by atoms with Crippen LogP contribution in [0.5, 0.6) is 0 Å². The van der Waals surface area contributed by atoms with E-state index in [9.17, 15) is 19.2 Å². The molecule has 2 fully saturated rings. The summed E-state index contributed by atoms with van der Waals surface area (Å²) in [5.74, 6) is -0.207. The van der Waals surface area contributed by atoms with Crippen LogP contribution in [0.1, 0.15) is 37.9 Å². The molecule has 2 amide bonds. The van der Waals surface area contributed by atoms with E-state index in [1.807, 2.05) is 0 Å². The Bertz CT molecular complexity index is 1120. The Balaban J connectivity index is 1.52. The van der Waals surface area contributed by atoms with Gasteiger partial charge in [0.15, 0.2) is 17.6 Å². The number of furan rings is 1. The third-order valence-corrected chi connectivity index (χ3v) is 5.95. The molecular formula is C23H27FN6O3. The van der Waals surface area contributed by atoms with Crippen molar-refractivity contribution in [3.05, 3.63) is 29.8 Å². The minimum absolute atomic E-state index is 0.0427. The van der Waals surface area contributed by atoms with Crippen LogP contribution in [-0.4, -0.2) is 59.8 Å². The summed E-state index contributed by atoms with van der Waals surface area (Å²) in [5.41, 5.74) is 0.520. The number of rotatable bonds is 4. The fourth-order valence-corrected chi connectivity index (χ4v) is 4.34. The van der Waals surface area contributed by atoms with E-state index in [4.69, 9.17) is 4.42 Å². The summed E-state index contributed by atoms with van der Waals surface area (Å²) in [5, 5.41) is 15.1. The fraction of sp³-hybridized carbons (Fsp3) is 0.478. The number of hydrogen-bond donors (Lipinski definition) is 2. The highest BCUT2D eigenvalue weighted by atomic mass is 19.1. The minimum atomic E-state index is -0.744. The van der Waals surface area contributed by atoms with E-state index < -0.39 is 11.9 Å². The van der Waals surface area contributed by atoms with Crippen molar-refractivity contribution in [1.29, 1.82) is 5.26 Å². The molecule has 9 nitrogen and oxygen atoms in total. The molecule has 174 valence electrons. The maximum atomic E-state index is 14.4. The van der Waals surface area contributed by atoms with Gasteiger partial charge in [-0.25, -0.2) is 9.38 Å². The first-order valence-corrected chi connectivity index (χ1v) is 11.2. The van der Waals surface area contributed by atoms with Gasteiger partial charge < -0.3 is 19.5 Å². The number of guanidine groups is 1. The lowest BCUT2D eigenvalue weighted by molar-refractivity contribution is -0.140. The Morgan fingerprint density at radius 1 is 1.24 bits per heavy atom. The lowest BCUT2D eigenvalue weighted by atomic mass is 10.1. The molecule has 1 atom stereocenters. The molecule has 10 heteroatoms. The summed E-state index contributed by atoms with van der Waals surface area (Å²) >= 11 is 0. The SMILES string of the molecule is Cc1cc2cc(NC(=NC3CCCCN(CC(=O)N4CCCC4)C3=O)NC#N)cc(F)c2o1. The molecule has 4 rings (SSSR count). The van der Waals surface area contributed by atoms with Crippen LogP contribution >= 0.6 is 0 Å². The number of amides is 2. The molecule has 2 N–H and O–H groups in total. The van der Waals surface area contributed by atoms with Crippen molar-refractivity contribution in [1.82, 2.24) is 15.1 Å². The van der Waals surface area contributed by atoms with Crippen molar-refractivity contribution in [3.63, 3.8) is 0 Å². The Morgan fingerprint density at radius 2 is 2.00 bits per heavy atom. The molecular weight excluding hydrogens is 427 g/mol. The van der Waals surface area contributed by atoms with Crippen LogP contribution in [0, 0.1) is 24.2 Å². The Hall–Kier alpha value is -3.61. The number of aliphatic imine (C=N–C) groups is 1. The number of hydrogen-bond acceptors (Lipinski definition) is 5. The van der Waals surface area contributed by atoms with Gasteiger partial charge in [-0.3, -0.25) is 14.9 Å². The molecule has 0 aliphatic carbocycles. The fourth-order valence-electron chi connectivity index (χ4n) is 4.34. The van der Waals surface area contributed by atoms with Crippen molar-refractivity contribution < 1.29 is 18.4 Å². The molecule has 0 bridgehead atoms. The predicted molar refractivity (Wildman–Crippen MR) is 121 cm³/mol. The van der Waals surface area contributed by atoms with E-state index in [1.54, 1.807) is 35.0 Å². The van der Waals surface area contributed by atoms with Crippen molar-refractivity contribution in [2.24, 2.45) is 4.99 Å². The number of anilines is 1. The van der Waals surface area contributed by atoms with E-state index in [1.165, 1.54) is 6.07 Å². The summed E-state index contributed by atoms with van der Waals surface area (Å²) in [4.78, 5) is 33.5. The second-order valence-electron chi connectivity index (χ2n) is 8.43. The van der Waals surface area contributed by atoms with Gasteiger partial charge >= 0.3 is 0 Å². The molecule has 2 aliphatic heterocycles. The smallest absolute Gasteiger partial charge is 0.247 e. The van der Waals surface area contributed by atoms with Gasteiger partial charge in [-0.15, -0.1) is 0 Å². The first-order valence-electron chi connectivity index (χ1n) is 11.2. The molecule has 3 heterocycles. The standard InChI is InChI=1S/C23H27FN6O3/c1-15-10-16-11-17(12-18(24)21(16)33-15)27-23(26-14-25)28-19-6-2-3-9-30(22(19)32)13-20(31)29-7-4-5-8-29/h10-12,19H,2-9,13H2,1H3,(H2,26,27,28). The summed E-state index contributed by atoms with van der Waals surface area (Å²) in [7, 11) is 0. The van der Waals surface area contributed by atoms with Crippen LogP contribution in [0.15, 0.2) is 27.6 Å². The van der Waals surface area contributed by atoms with Gasteiger partial charge in [-0.2, -0.15) is 5.26 Å². The molecule has 0 spiro atoms. The highest BCUT2D eigenvalue weighted by molar-refractivity contribution is 5.98. The molecule has 0 radical (unpaired) electrons. The lowest BCUT2D eigenvalue weighted by Crippen LogP contribution is -2.45. The topological polar surface area (TPSA) is 114 Å². The minimum Gasteiger partial charge on any atom is -0.458 e. The summed E-state index contributed by atoms with van der Waals surface area (Å²) in [6.45, 7) is 3.75. The number of nitrogens with zero attached hydrogens (tertiary/aromatic N) is 4. The molecule has 0 saturated carbocycles. The molecule has 1 aromatic carbocycles. The zero-order valence-corrected chi connectivity index (χ0v) is 18.6. The summed E-state index contributed by atoms with van der Waals surface area (Å²) < 4.78 is 19.8. The number of likely N-dealkylation sites (tertiary alicyclic amines) is 2. The molecule has 2 aliphatic rings. The van der Waals surface area contributed by atoms with E-state index in [-0.39, 0.29) is 29.9 Å². The van der Waals surface area contributed by atoms with Crippen LogP contribution in [0.3, 0.4) is 0 Å². The second kappa shape index (κ2) is 9.90. The van der Waals surface area contributed by atoms with Crippen LogP contribution < -0.4 is 10.6 Å². The normalized spacial score (nSPS) is 19.5.